The number of hydrogen-bond acceptors (Lipinski definition) is 3. The first kappa shape index (κ1) is 10.8. The lowest BCUT2D eigenvalue weighted by Gasteiger charge is -2.00. The molecule has 0 saturated carbocycles. The van der Waals surface area contributed by atoms with Crippen LogP contribution in [-0.2, 0) is 7.05 Å². The van der Waals surface area contributed by atoms with Gasteiger partial charge < -0.3 is 0 Å². The van der Waals surface area contributed by atoms with Gasteiger partial charge in [0.1, 0.15) is 5.69 Å². The van der Waals surface area contributed by atoms with Gasteiger partial charge in [-0.2, -0.15) is 5.10 Å². The predicted octanol–water partition coefficient (Wildman–Crippen LogP) is 2.63. The van der Waals surface area contributed by atoms with Crippen LogP contribution in [0.3, 0.4) is 0 Å². The van der Waals surface area contributed by atoms with Crippen molar-refractivity contribution < 1.29 is 4.79 Å². The van der Waals surface area contributed by atoms with Crippen molar-refractivity contribution in [2.24, 2.45) is 7.05 Å². The zero-order valence-corrected chi connectivity index (χ0v) is 11.3. The lowest BCUT2D eigenvalue weighted by molar-refractivity contribution is 0.103. The molecule has 0 amide bonds. The molecule has 3 nitrogen and oxygen atoms in total. The van der Waals surface area contributed by atoms with E-state index in [1.807, 2.05) is 18.4 Å². The molecule has 0 N–H and O–H groups in total. The van der Waals surface area contributed by atoms with E-state index in [0.29, 0.717) is 5.69 Å². The molecule has 0 aromatic carbocycles. The summed E-state index contributed by atoms with van der Waals surface area (Å²) in [6.45, 7) is 1.90. The van der Waals surface area contributed by atoms with Crippen molar-refractivity contribution in [2.45, 2.75) is 6.92 Å². The van der Waals surface area contributed by atoms with Gasteiger partial charge in [-0.25, -0.2) is 0 Å². The van der Waals surface area contributed by atoms with Gasteiger partial charge in [-0.15, -0.1) is 11.3 Å². The Hall–Kier alpha value is -0.690. The fraction of sp³-hybridized carbons (Fsp3) is 0.200. The molecule has 0 saturated heterocycles. The second kappa shape index (κ2) is 4.05. The molecule has 0 bridgehead atoms. The van der Waals surface area contributed by atoms with Crippen LogP contribution >= 0.6 is 33.9 Å². The molecule has 0 atom stereocenters. The van der Waals surface area contributed by atoms with Crippen LogP contribution in [0.4, 0.5) is 0 Å². The molecule has 0 radical (unpaired) electrons. The smallest absolute Gasteiger partial charge is 0.212 e. The molecular weight excluding hydrogens is 323 g/mol. The standard InChI is InChI=1S/C10H9IN2OS/c1-6-4-12-13(2)9(6)10(14)7-3-8(11)15-5-7/h3-5H,1-2H3. The zero-order valence-electron chi connectivity index (χ0n) is 8.32. The number of carbonyl (C=O) groups excluding carboxylic acids is 1. The minimum atomic E-state index is 0.0478. The highest BCUT2D eigenvalue weighted by Crippen LogP contribution is 2.20. The van der Waals surface area contributed by atoms with Crippen LogP contribution in [0, 0.1) is 9.81 Å². The minimum absolute atomic E-state index is 0.0478. The fourth-order valence-electron chi connectivity index (χ4n) is 1.44. The molecule has 2 aromatic rings. The van der Waals surface area contributed by atoms with Crippen LogP contribution in [0.25, 0.3) is 0 Å². The summed E-state index contributed by atoms with van der Waals surface area (Å²) in [5, 5.41) is 5.95. The van der Waals surface area contributed by atoms with Gasteiger partial charge >= 0.3 is 0 Å². The Balaban J connectivity index is 2.45. The molecule has 0 spiro atoms. The number of ketones is 1. The first-order valence-corrected chi connectivity index (χ1v) is 6.33. The first-order chi connectivity index (χ1) is 7.09. The Morgan fingerprint density at radius 1 is 1.60 bits per heavy atom. The van der Waals surface area contributed by atoms with Gasteiger partial charge in [-0.1, -0.05) is 0 Å². The van der Waals surface area contributed by atoms with E-state index in [4.69, 9.17) is 0 Å². The van der Waals surface area contributed by atoms with E-state index in [9.17, 15) is 4.79 Å². The van der Waals surface area contributed by atoms with Crippen molar-refractivity contribution in [3.05, 3.63) is 37.3 Å². The number of hydrogen-bond donors (Lipinski definition) is 0. The zero-order chi connectivity index (χ0) is 11.0. The second-order valence-corrected chi connectivity index (χ2v) is 6.07. The largest absolute Gasteiger partial charge is 0.287 e. The summed E-state index contributed by atoms with van der Waals surface area (Å²) < 4.78 is 2.75. The van der Waals surface area contributed by atoms with Crippen molar-refractivity contribution in [1.29, 1.82) is 0 Å². The monoisotopic (exact) mass is 332 g/mol. The first-order valence-electron chi connectivity index (χ1n) is 4.37. The van der Waals surface area contributed by atoms with Crippen molar-refractivity contribution in [1.82, 2.24) is 9.78 Å². The number of thiophene rings is 1. The third-order valence-electron chi connectivity index (χ3n) is 2.17. The summed E-state index contributed by atoms with van der Waals surface area (Å²) in [7, 11) is 1.79. The highest BCUT2D eigenvalue weighted by molar-refractivity contribution is 14.1. The number of rotatable bonds is 2. The molecule has 78 valence electrons. The van der Waals surface area contributed by atoms with Crippen LogP contribution in [0.1, 0.15) is 21.6 Å². The average Bonchev–Trinajstić information content (AvgIpc) is 2.73. The molecule has 2 heterocycles. The van der Waals surface area contributed by atoms with Crippen LogP contribution < -0.4 is 0 Å². The van der Waals surface area contributed by atoms with E-state index >= 15 is 0 Å². The third-order valence-corrected chi connectivity index (χ3v) is 3.96. The second-order valence-electron chi connectivity index (χ2n) is 3.27. The predicted molar refractivity (Wildman–Crippen MR) is 68.4 cm³/mol. The molecule has 0 aliphatic heterocycles. The Morgan fingerprint density at radius 3 is 2.80 bits per heavy atom. The van der Waals surface area contributed by atoms with Gasteiger partial charge in [0, 0.05) is 18.0 Å². The van der Waals surface area contributed by atoms with E-state index in [1.165, 1.54) is 0 Å². The lowest BCUT2D eigenvalue weighted by atomic mass is 10.1. The van der Waals surface area contributed by atoms with E-state index in [2.05, 4.69) is 27.7 Å². The molecule has 0 aliphatic carbocycles. The lowest BCUT2D eigenvalue weighted by Crippen LogP contribution is -2.08. The molecular formula is C10H9IN2OS. The van der Waals surface area contributed by atoms with Crippen LogP contribution in [-0.4, -0.2) is 15.6 Å². The topological polar surface area (TPSA) is 34.9 Å². The highest BCUT2D eigenvalue weighted by atomic mass is 127. The number of nitrogens with zero attached hydrogens (tertiary/aromatic N) is 2. The molecule has 2 rings (SSSR count). The maximum absolute atomic E-state index is 12.1. The van der Waals surface area contributed by atoms with E-state index in [-0.39, 0.29) is 5.78 Å². The van der Waals surface area contributed by atoms with Crippen LogP contribution in [0.5, 0.6) is 0 Å². The van der Waals surface area contributed by atoms with Gasteiger partial charge in [0.15, 0.2) is 0 Å². The van der Waals surface area contributed by atoms with Crippen LogP contribution in [0.2, 0.25) is 0 Å². The normalized spacial score (nSPS) is 10.6. The Bertz CT molecular complexity index is 496. The molecule has 15 heavy (non-hydrogen) atoms. The quantitative estimate of drug-likeness (QED) is 0.626. The van der Waals surface area contributed by atoms with Gasteiger partial charge in [-0.05, 0) is 41.1 Å². The minimum Gasteiger partial charge on any atom is -0.287 e. The maximum atomic E-state index is 12.1. The third kappa shape index (κ3) is 1.98. The summed E-state index contributed by atoms with van der Waals surface area (Å²) >= 11 is 3.79. The molecule has 0 fully saturated rings. The highest BCUT2D eigenvalue weighted by Gasteiger charge is 2.17. The van der Waals surface area contributed by atoms with Gasteiger partial charge in [-0.3, -0.25) is 9.48 Å². The summed E-state index contributed by atoms with van der Waals surface area (Å²) in [4.78, 5) is 12.1. The van der Waals surface area contributed by atoms with Crippen molar-refractivity contribution >= 4 is 39.7 Å². The van der Waals surface area contributed by atoms with E-state index in [0.717, 1.165) is 14.0 Å². The van der Waals surface area contributed by atoms with Crippen molar-refractivity contribution in [2.75, 3.05) is 0 Å². The number of aryl methyl sites for hydroxylation is 2. The SMILES string of the molecule is Cc1cnn(C)c1C(=O)c1csc(I)c1. The molecule has 0 unspecified atom stereocenters. The summed E-state index contributed by atoms with van der Waals surface area (Å²) in [6, 6.07) is 1.90. The van der Waals surface area contributed by atoms with Crippen molar-refractivity contribution in [3.63, 3.8) is 0 Å². The average molecular weight is 332 g/mol. The molecule has 2 aromatic heterocycles. The maximum Gasteiger partial charge on any atom is 0.212 e. The fourth-order valence-corrected chi connectivity index (χ4v) is 2.77. The molecule has 5 heteroatoms. The summed E-state index contributed by atoms with van der Waals surface area (Å²) in [6.07, 6.45) is 1.71. The van der Waals surface area contributed by atoms with Gasteiger partial charge in [0.2, 0.25) is 5.78 Å². The number of carbonyl (C=O) groups is 1. The number of halogens is 1. The number of aromatic nitrogens is 2. The Labute approximate surface area is 105 Å². The summed E-state index contributed by atoms with van der Waals surface area (Å²) in [5.74, 6) is 0.0478. The van der Waals surface area contributed by atoms with Crippen LogP contribution in [0.15, 0.2) is 17.6 Å². The molecule has 0 aliphatic rings. The van der Waals surface area contributed by atoms with E-state index < -0.39 is 0 Å². The van der Waals surface area contributed by atoms with Gasteiger partial charge in [0.25, 0.3) is 0 Å². The Kier molecular flexibility index (Phi) is 2.92. The Morgan fingerprint density at radius 2 is 2.33 bits per heavy atom. The summed E-state index contributed by atoms with van der Waals surface area (Å²) in [5.41, 5.74) is 2.34. The van der Waals surface area contributed by atoms with E-state index in [1.54, 1.807) is 29.3 Å². The van der Waals surface area contributed by atoms with Crippen molar-refractivity contribution in [3.8, 4) is 0 Å². The van der Waals surface area contributed by atoms with Gasteiger partial charge in [0.05, 0.1) is 9.08 Å².